The first kappa shape index (κ1) is 50.3. The molecule has 35 heteroatoms. The predicted molar refractivity (Wildman–Crippen MR) is 90.6 cm³/mol. The minimum Gasteiger partial charge on any atom is -0.212 e. The Bertz CT molecular complexity index is 1370. The predicted octanol–water partition coefficient (Wildman–Crippen LogP) is 11.9. The van der Waals surface area contributed by atoms with Crippen LogP contribution in [0.5, 0.6) is 0 Å². The lowest BCUT2D eigenvalue weighted by Gasteiger charge is -2.46. The highest BCUT2D eigenvalue weighted by atomic mass is 19.4. The quantitative estimate of drug-likeness (QED) is 0.144. The first-order valence-electron chi connectivity index (χ1n) is 10.9. The Kier molecular flexibility index (Phi) is 11.5. The third kappa shape index (κ3) is 5.60. The van der Waals surface area contributed by atoms with E-state index in [4.69, 9.17) is 0 Å². The number of allylic oxidation sites excluding steroid dienone is 1. The second-order valence-corrected chi connectivity index (χ2v) is 9.57. The Morgan fingerprint density at radius 3 is 0.491 bits per heavy atom. The number of hydrogen-bond donors (Lipinski definition) is 0. The Morgan fingerprint density at radius 1 is 0.226 bits per heavy atom. The van der Waals surface area contributed by atoms with Gasteiger partial charge < -0.3 is 0 Å². The average Bonchev–Trinajstić information content (AvgIpc) is 2.94. The number of halogens is 35. The minimum atomic E-state index is -10.3. The number of alkyl halides is 33. The van der Waals surface area contributed by atoms with Gasteiger partial charge in [0.25, 0.3) is 0 Å². The Balaban J connectivity index is 7.78. The van der Waals surface area contributed by atoms with E-state index in [0.717, 1.165) is 0 Å². The molecule has 0 amide bonds. The normalized spacial score (nSPS) is 17.5. The van der Waals surface area contributed by atoms with E-state index in [1.165, 1.54) is 0 Å². The highest BCUT2D eigenvalue weighted by Crippen LogP contribution is 2.70. The Morgan fingerprint density at radius 2 is 0.358 bits per heavy atom. The third-order valence-corrected chi connectivity index (χ3v) is 6.27. The molecule has 318 valence electrons. The molecule has 0 aromatic rings. The van der Waals surface area contributed by atoms with E-state index >= 15 is 0 Å². The van der Waals surface area contributed by atoms with Gasteiger partial charge in [0, 0.05) is 0 Å². The van der Waals surface area contributed by atoms with Crippen LogP contribution in [0.2, 0.25) is 0 Å². The molecule has 0 heterocycles. The van der Waals surface area contributed by atoms with Crippen LogP contribution in [0.25, 0.3) is 0 Å². The second kappa shape index (κ2) is 12.1. The van der Waals surface area contributed by atoms with Crippen molar-refractivity contribution in [2.45, 2.75) is 95.0 Å². The number of hydrogen-bond acceptors (Lipinski definition) is 0. The highest BCUT2D eigenvalue weighted by molar-refractivity contribution is 5.23. The van der Waals surface area contributed by atoms with Crippen LogP contribution >= 0.6 is 0 Å². The van der Waals surface area contributed by atoms with Crippen molar-refractivity contribution in [3.8, 4) is 0 Å². The van der Waals surface area contributed by atoms with Crippen molar-refractivity contribution < 1.29 is 154 Å². The second-order valence-electron chi connectivity index (χ2n) is 9.57. The van der Waals surface area contributed by atoms with Gasteiger partial charge in [-0.3, -0.25) is 0 Å². The van der Waals surface area contributed by atoms with Crippen molar-refractivity contribution in [3.05, 3.63) is 12.2 Å². The molecule has 0 saturated carbocycles. The third-order valence-electron chi connectivity index (χ3n) is 6.27. The van der Waals surface area contributed by atoms with Crippen LogP contribution in [0.4, 0.5) is 154 Å². The van der Waals surface area contributed by atoms with Crippen LogP contribution in [0, 0.1) is 0 Å². The summed E-state index contributed by atoms with van der Waals surface area (Å²) in [5.41, 5.74) is 0. The maximum Gasteiger partial charge on any atom is 0.460 e. The molecule has 0 aliphatic heterocycles. The highest BCUT2D eigenvalue weighted by Gasteiger charge is 3.02. The summed E-state index contributed by atoms with van der Waals surface area (Å²) >= 11 is 0. The summed E-state index contributed by atoms with van der Waals surface area (Å²) in [5.74, 6) is -151. The van der Waals surface area contributed by atoms with Crippen LogP contribution in [0.15, 0.2) is 12.2 Å². The van der Waals surface area contributed by atoms with Gasteiger partial charge in [0.2, 0.25) is 5.83 Å². The Hall–Kier alpha value is -2.71. The van der Waals surface area contributed by atoms with Crippen molar-refractivity contribution in [1.82, 2.24) is 0 Å². The van der Waals surface area contributed by atoms with Crippen LogP contribution in [-0.2, 0) is 0 Å². The monoisotopic (exact) mass is 882 g/mol. The summed E-state index contributed by atoms with van der Waals surface area (Å²) in [5, 5.41) is 0. The summed E-state index contributed by atoms with van der Waals surface area (Å²) in [6, 6.07) is 0. The molecule has 0 nitrogen and oxygen atoms in total. The molecule has 0 aliphatic carbocycles. The molecule has 0 aliphatic rings. The largest absolute Gasteiger partial charge is 0.460 e. The van der Waals surface area contributed by atoms with Crippen molar-refractivity contribution in [2.24, 2.45) is 0 Å². The molecule has 0 unspecified atom stereocenters. The molecule has 0 radical (unpaired) electrons. The summed E-state index contributed by atoms with van der Waals surface area (Å²) in [4.78, 5) is 0. The van der Waals surface area contributed by atoms with Gasteiger partial charge in [0.05, 0.1) is 0 Å². The standard InChI is InChI=1S/C18HF35/c19-1-2(20)3(21,22)4(23,24)5(25,26)6(27,28)7(29,30)8(31,32)9(33,34)10(35,36)11(37,38)12(39,40)13(41,42)14(43,44)15(45,46)16(47,48)17(49,50)18(51,52)53/h1H. The molecule has 0 bridgehead atoms. The number of rotatable bonds is 15. The molecule has 0 atom stereocenters. The molecule has 53 heavy (non-hydrogen) atoms. The van der Waals surface area contributed by atoms with Gasteiger partial charge in [-0.25, -0.2) is 8.78 Å². The van der Waals surface area contributed by atoms with E-state index in [1.807, 2.05) is 0 Å². The van der Waals surface area contributed by atoms with Gasteiger partial charge in [0.15, 0.2) is 0 Å². The van der Waals surface area contributed by atoms with Crippen molar-refractivity contribution >= 4 is 0 Å². The van der Waals surface area contributed by atoms with Gasteiger partial charge in [-0.1, -0.05) is 0 Å². The summed E-state index contributed by atoms with van der Waals surface area (Å²) in [6.07, 6.45) is -11.1. The van der Waals surface area contributed by atoms with Gasteiger partial charge in [-0.15, -0.1) is 0 Å². The average molecular weight is 882 g/mol. The topological polar surface area (TPSA) is 0 Å². The maximum atomic E-state index is 13.8. The van der Waals surface area contributed by atoms with Crippen LogP contribution < -0.4 is 0 Å². The van der Waals surface area contributed by atoms with Gasteiger partial charge in [-0.05, 0) is 0 Å². The molecular weight excluding hydrogens is 881 g/mol. The molecule has 0 fully saturated rings. The van der Waals surface area contributed by atoms with Crippen molar-refractivity contribution in [1.29, 1.82) is 0 Å². The van der Waals surface area contributed by atoms with Crippen LogP contribution in [-0.4, -0.2) is 95.0 Å². The van der Waals surface area contributed by atoms with E-state index in [1.54, 1.807) is 0 Å². The lowest BCUT2D eigenvalue weighted by molar-refractivity contribution is -0.490. The SMILES string of the molecule is FC=C(F)C(F)(F)C(F)(F)C(F)(F)C(F)(F)C(F)(F)C(F)(F)C(F)(F)C(F)(F)C(F)(F)C(F)(F)C(F)(F)C(F)(F)C(F)(F)C(F)(F)C(F)(F)C(F)(F)F. The fraction of sp³-hybridized carbons (Fsp3) is 0.889. The first-order chi connectivity index (χ1) is 22.2. The van der Waals surface area contributed by atoms with Gasteiger partial charge in [-0.2, -0.15) is 145 Å². The zero-order chi connectivity index (χ0) is 44.3. The molecule has 0 aromatic carbocycles. The van der Waals surface area contributed by atoms with E-state index < -0.39 is 107 Å². The molecule has 0 N–H and O–H groups in total. The minimum absolute atomic E-state index is 2.63. The van der Waals surface area contributed by atoms with Gasteiger partial charge in [0.1, 0.15) is 6.33 Å². The smallest absolute Gasteiger partial charge is 0.212 e. The molecule has 0 aromatic heterocycles. The van der Waals surface area contributed by atoms with Gasteiger partial charge >= 0.3 is 95.0 Å². The van der Waals surface area contributed by atoms with Crippen molar-refractivity contribution in [2.75, 3.05) is 0 Å². The summed E-state index contributed by atoms with van der Waals surface area (Å²) < 4.78 is 465. The molecule has 0 saturated heterocycles. The molecular formula is C18HF35. The lowest BCUT2D eigenvalue weighted by Crippen LogP contribution is -2.80. The van der Waals surface area contributed by atoms with Crippen LogP contribution in [0.3, 0.4) is 0 Å². The summed E-state index contributed by atoms with van der Waals surface area (Å²) in [6.45, 7) is 0. The summed E-state index contributed by atoms with van der Waals surface area (Å²) in [7, 11) is 0. The van der Waals surface area contributed by atoms with E-state index in [-0.39, 0.29) is 0 Å². The first-order valence-corrected chi connectivity index (χ1v) is 10.9. The Labute approximate surface area is 262 Å². The van der Waals surface area contributed by atoms with Crippen molar-refractivity contribution in [3.63, 3.8) is 0 Å². The fourth-order valence-corrected chi connectivity index (χ4v) is 2.96. The lowest BCUT2D eigenvalue weighted by atomic mass is 9.82. The van der Waals surface area contributed by atoms with E-state index in [2.05, 4.69) is 0 Å². The zero-order valence-electron chi connectivity index (χ0n) is 22.3. The molecule has 0 spiro atoms. The maximum absolute atomic E-state index is 13.8. The fourth-order valence-electron chi connectivity index (χ4n) is 2.96. The molecule has 0 rings (SSSR count). The zero-order valence-corrected chi connectivity index (χ0v) is 22.3. The van der Waals surface area contributed by atoms with E-state index in [9.17, 15) is 154 Å². The van der Waals surface area contributed by atoms with Crippen LogP contribution in [0.1, 0.15) is 0 Å². The van der Waals surface area contributed by atoms with E-state index in [0.29, 0.717) is 0 Å².